The predicted molar refractivity (Wildman–Crippen MR) is 169 cm³/mol. The Labute approximate surface area is 258 Å². The summed E-state index contributed by atoms with van der Waals surface area (Å²) < 4.78 is 3.32. The molecule has 0 bridgehead atoms. The maximum absolute atomic E-state index is 11.7. The van der Waals surface area contributed by atoms with E-state index in [1.165, 1.54) is 0 Å². The third kappa shape index (κ3) is 6.59. The van der Waals surface area contributed by atoms with Gasteiger partial charge in [0, 0.05) is 57.2 Å². The largest absolute Gasteiger partial charge is 0.355 e. The van der Waals surface area contributed by atoms with Gasteiger partial charge in [0.2, 0.25) is 0 Å². The molecule has 0 aliphatic carbocycles. The summed E-state index contributed by atoms with van der Waals surface area (Å²) in [5.74, 6) is 1.45. The summed E-state index contributed by atoms with van der Waals surface area (Å²) in [6.07, 6.45) is 11.6. The van der Waals surface area contributed by atoms with Gasteiger partial charge in [-0.1, -0.05) is 0 Å². The van der Waals surface area contributed by atoms with Crippen molar-refractivity contribution in [1.82, 2.24) is 44.3 Å². The van der Waals surface area contributed by atoms with Crippen LogP contribution in [0.5, 0.6) is 0 Å². The van der Waals surface area contributed by atoms with Crippen molar-refractivity contribution < 1.29 is 14.4 Å². The highest BCUT2D eigenvalue weighted by molar-refractivity contribution is 8.18. The number of anilines is 2. The Hall–Kier alpha value is -4.34. The highest BCUT2D eigenvalue weighted by Crippen LogP contribution is 2.27. The zero-order chi connectivity index (χ0) is 30.6. The normalized spacial score (nSPS) is 19.6. The number of rotatable bonds is 4. The molecule has 2 amide bonds. The van der Waals surface area contributed by atoms with E-state index in [4.69, 9.17) is 4.98 Å². The van der Waals surface area contributed by atoms with E-state index in [9.17, 15) is 14.4 Å². The van der Waals surface area contributed by atoms with Crippen LogP contribution in [0.25, 0.3) is 17.4 Å². The molecule has 4 aromatic heterocycles. The summed E-state index contributed by atoms with van der Waals surface area (Å²) in [6, 6.07) is 3.92. The third-order valence-corrected chi connectivity index (χ3v) is 8.72. The van der Waals surface area contributed by atoms with Gasteiger partial charge >= 0.3 is 0 Å². The van der Waals surface area contributed by atoms with Crippen LogP contribution in [0.15, 0.2) is 41.8 Å². The first-order chi connectivity index (χ1) is 21.4. The molecular weight excluding hydrogens is 582 g/mol. The van der Waals surface area contributed by atoms with Gasteiger partial charge in [0.1, 0.15) is 11.6 Å². The summed E-state index contributed by atoms with van der Waals surface area (Å²) in [5.41, 5.74) is 2.57. The van der Waals surface area contributed by atoms with Crippen LogP contribution in [-0.2, 0) is 4.79 Å². The molecule has 44 heavy (non-hydrogen) atoms. The molecule has 7 heterocycles. The molecule has 3 aliphatic rings. The molecule has 3 fully saturated rings. The minimum Gasteiger partial charge on any atom is -0.355 e. The lowest BCUT2D eigenvalue weighted by atomic mass is 10.3. The Kier molecular flexibility index (Phi) is 8.86. The molecule has 0 atom stereocenters. The molecule has 0 unspecified atom stereocenters. The Morgan fingerprint density at radius 2 is 1.30 bits per heavy atom. The lowest BCUT2D eigenvalue weighted by molar-refractivity contribution is -0.115. The van der Waals surface area contributed by atoms with Crippen molar-refractivity contribution in [3.63, 3.8) is 0 Å². The highest BCUT2D eigenvalue weighted by atomic mass is 32.2. The molecule has 0 spiro atoms. The van der Waals surface area contributed by atoms with Crippen molar-refractivity contribution in [1.29, 1.82) is 0 Å². The maximum atomic E-state index is 11.7. The second-order valence-electron chi connectivity index (χ2n) is 11.1. The summed E-state index contributed by atoms with van der Waals surface area (Å²) in [7, 11) is 4.27. The van der Waals surface area contributed by atoms with E-state index in [2.05, 4.69) is 54.2 Å². The van der Waals surface area contributed by atoms with E-state index in [1.54, 1.807) is 27.5 Å². The van der Waals surface area contributed by atoms with Crippen LogP contribution >= 0.6 is 11.8 Å². The summed E-state index contributed by atoms with van der Waals surface area (Å²) in [5, 5.41) is 10.3. The van der Waals surface area contributed by atoms with E-state index < -0.39 is 0 Å². The van der Waals surface area contributed by atoms with Crippen molar-refractivity contribution in [3.8, 4) is 0 Å². The Balaban J connectivity index is 0.000000162. The second kappa shape index (κ2) is 13.1. The first-order valence-corrected chi connectivity index (χ1v) is 15.5. The second-order valence-corrected chi connectivity index (χ2v) is 12.1. The molecule has 230 valence electrons. The number of carbonyl (C=O) groups is 3. The van der Waals surface area contributed by atoms with Crippen molar-refractivity contribution >= 4 is 58.2 Å². The van der Waals surface area contributed by atoms with Crippen LogP contribution < -0.4 is 15.1 Å². The Bertz CT molecular complexity index is 1720. The van der Waals surface area contributed by atoms with Crippen LogP contribution in [0, 0.1) is 0 Å². The number of aldehydes is 1. The number of hydrogen-bond donors (Lipinski definition) is 1. The van der Waals surface area contributed by atoms with Gasteiger partial charge < -0.3 is 19.6 Å². The molecule has 0 radical (unpaired) electrons. The van der Waals surface area contributed by atoms with Gasteiger partial charge in [0.15, 0.2) is 17.6 Å². The molecule has 15 heteroatoms. The number of fused-ring (bicyclic) bond motifs is 2. The molecule has 0 saturated carbocycles. The minimum absolute atomic E-state index is 0.352. The maximum Gasteiger partial charge on any atom is 0.290 e. The van der Waals surface area contributed by atoms with Gasteiger partial charge in [-0.05, 0) is 70.0 Å². The number of nitrogens with zero attached hydrogens (tertiary/aromatic N) is 10. The number of imide groups is 1. The Morgan fingerprint density at radius 3 is 1.82 bits per heavy atom. The fourth-order valence-electron chi connectivity index (χ4n) is 5.40. The summed E-state index contributed by atoms with van der Waals surface area (Å²) in [4.78, 5) is 52.9. The Morgan fingerprint density at radius 1 is 0.750 bits per heavy atom. The molecular formula is C29H35N11O3S. The average molecular weight is 618 g/mol. The van der Waals surface area contributed by atoms with Crippen LogP contribution in [0.2, 0.25) is 0 Å². The van der Waals surface area contributed by atoms with Crippen molar-refractivity contribution in [2.75, 3.05) is 76.3 Å². The lowest BCUT2D eigenvalue weighted by Gasteiger charge is -2.21. The van der Waals surface area contributed by atoms with Crippen LogP contribution in [0.1, 0.15) is 28.8 Å². The number of thioether (sulfide) groups is 1. The zero-order valence-corrected chi connectivity index (χ0v) is 25.6. The molecule has 4 aromatic rings. The number of carbonyl (C=O) groups excluding carboxylic acids is 3. The molecule has 1 N–H and O–H groups in total. The first kappa shape index (κ1) is 29.7. The smallest absolute Gasteiger partial charge is 0.290 e. The van der Waals surface area contributed by atoms with Crippen LogP contribution in [0.4, 0.5) is 16.4 Å². The SMILES string of the molecule is CN1CCCN(c2ccn3ncc(/C=C4\SC(=O)NC4=O)c3n2)CC1.CN1CCCN(c2ccn3ncc(C=O)c3n2)CC1. The molecule has 3 aliphatic heterocycles. The molecule has 0 aromatic carbocycles. The third-order valence-electron chi connectivity index (χ3n) is 7.91. The predicted octanol–water partition coefficient (Wildman–Crippen LogP) is 1.88. The van der Waals surface area contributed by atoms with Gasteiger partial charge in [-0.2, -0.15) is 10.2 Å². The fraction of sp³-hybridized carbons (Fsp3) is 0.414. The van der Waals surface area contributed by atoms with Crippen LogP contribution in [-0.4, -0.2) is 123 Å². The van der Waals surface area contributed by atoms with Gasteiger partial charge in [-0.25, -0.2) is 19.0 Å². The first-order valence-electron chi connectivity index (χ1n) is 14.6. The van der Waals surface area contributed by atoms with E-state index in [0.717, 1.165) is 100 Å². The lowest BCUT2D eigenvalue weighted by Crippen LogP contribution is -2.29. The molecule has 14 nitrogen and oxygen atoms in total. The van der Waals surface area contributed by atoms with Gasteiger partial charge in [-0.15, -0.1) is 0 Å². The molecule has 3 saturated heterocycles. The average Bonchev–Trinajstić information content (AvgIpc) is 3.60. The number of amides is 2. The van der Waals surface area contributed by atoms with E-state index in [-0.39, 0.29) is 11.1 Å². The number of hydrogen-bond acceptors (Lipinski definition) is 12. The summed E-state index contributed by atoms with van der Waals surface area (Å²) >= 11 is 0.896. The minimum atomic E-state index is -0.374. The molecule has 7 rings (SSSR count). The van der Waals surface area contributed by atoms with Crippen molar-refractivity contribution in [2.45, 2.75) is 12.8 Å². The van der Waals surface area contributed by atoms with Gasteiger partial charge in [0.05, 0.1) is 22.9 Å². The van der Waals surface area contributed by atoms with Crippen LogP contribution in [0.3, 0.4) is 0 Å². The van der Waals surface area contributed by atoms with Gasteiger partial charge in [-0.3, -0.25) is 19.7 Å². The monoisotopic (exact) mass is 617 g/mol. The van der Waals surface area contributed by atoms with E-state index in [0.29, 0.717) is 21.8 Å². The summed E-state index contributed by atoms with van der Waals surface area (Å²) in [6.45, 7) is 8.09. The fourth-order valence-corrected chi connectivity index (χ4v) is 6.08. The van der Waals surface area contributed by atoms with E-state index in [1.807, 2.05) is 24.5 Å². The van der Waals surface area contributed by atoms with Crippen molar-refractivity contribution in [2.24, 2.45) is 0 Å². The van der Waals surface area contributed by atoms with Crippen molar-refractivity contribution in [3.05, 3.63) is 53.0 Å². The topological polar surface area (TPSA) is 137 Å². The highest BCUT2D eigenvalue weighted by Gasteiger charge is 2.26. The quantitative estimate of drug-likeness (QED) is 0.265. The number of likely N-dealkylation sites (N-methyl/N-ethyl adjacent to an activating group) is 2. The number of aromatic nitrogens is 6. The van der Waals surface area contributed by atoms with E-state index >= 15 is 0 Å². The number of nitrogens with one attached hydrogen (secondary N) is 1. The standard InChI is InChI=1S/C16H18N6O2S.C13H17N5O/c1-20-4-2-5-21(8-7-20)13-3-6-22-14(18-13)11(10-17-22)9-12-15(23)19-16(24)25-12;1-16-4-2-5-17(8-7-16)12-3-6-18-13(15-12)11(10-19)9-14-18/h3,6,9-10H,2,4-5,7-8H2,1H3,(H,19,23,24);3,6,9-10H,2,4-5,7-8H2,1H3/b12-9-;. The zero-order valence-electron chi connectivity index (χ0n) is 24.8. The van der Waals surface area contributed by atoms with Gasteiger partial charge in [0.25, 0.3) is 11.1 Å².